The monoisotopic (exact) mass is 297 g/mol. The number of aromatic nitrogens is 1. The van der Waals surface area contributed by atoms with Crippen LogP contribution in [0.3, 0.4) is 0 Å². The standard InChI is InChI=1S/C22H19N/c1-2-8-18(9-3-1)22(19-10-4-5-11-19,20-12-6-7-13-20)21-14-16-23-17-15-21/h1-17,19-20H. The van der Waals surface area contributed by atoms with Crippen molar-refractivity contribution in [1.29, 1.82) is 0 Å². The third-order valence-electron chi connectivity index (χ3n) is 4.96. The van der Waals surface area contributed by atoms with Crippen LogP contribution in [0, 0.1) is 11.8 Å². The summed E-state index contributed by atoms with van der Waals surface area (Å²) in [6.07, 6.45) is 21.7. The van der Waals surface area contributed by atoms with Gasteiger partial charge in [0, 0.05) is 29.6 Å². The van der Waals surface area contributed by atoms with E-state index < -0.39 is 0 Å². The molecule has 0 saturated heterocycles. The van der Waals surface area contributed by atoms with Crippen LogP contribution >= 0.6 is 0 Å². The molecule has 0 atom stereocenters. The third-order valence-corrected chi connectivity index (χ3v) is 4.96. The maximum Gasteiger partial charge on any atom is 0.0398 e. The summed E-state index contributed by atoms with van der Waals surface area (Å²) >= 11 is 0. The fraction of sp³-hybridized carbons (Fsp3) is 0.136. The molecule has 0 spiro atoms. The van der Waals surface area contributed by atoms with Gasteiger partial charge in [0.05, 0.1) is 0 Å². The molecule has 2 aromatic rings. The van der Waals surface area contributed by atoms with Gasteiger partial charge in [0.25, 0.3) is 0 Å². The maximum atomic E-state index is 4.23. The molecular formula is C22H19N. The van der Waals surface area contributed by atoms with Crippen LogP contribution in [0.25, 0.3) is 0 Å². The number of nitrogens with zero attached hydrogens (tertiary/aromatic N) is 1. The highest BCUT2D eigenvalue weighted by molar-refractivity contribution is 5.49. The summed E-state index contributed by atoms with van der Waals surface area (Å²) < 4.78 is 0. The maximum absolute atomic E-state index is 4.23. The van der Waals surface area contributed by atoms with Gasteiger partial charge in [0.1, 0.15) is 0 Å². The molecule has 1 aromatic heterocycles. The Bertz CT molecular complexity index is 688. The lowest BCUT2D eigenvalue weighted by Crippen LogP contribution is -2.40. The number of rotatable bonds is 4. The summed E-state index contributed by atoms with van der Waals surface area (Å²) in [6.45, 7) is 0. The van der Waals surface area contributed by atoms with Gasteiger partial charge in [0.2, 0.25) is 0 Å². The van der Waals surface area contributed by atoms with Crippen molar-refractivity contribution in [2.24, 2.45) is 11.8 Å². The van der Waals surface area contributed by atoms with Crippen LogP contribution < -0.4 is 0 Å². The minimum Gasteiger partial charge on any atom is -0.265 e. The van der Waals surface area contributed by atoms with E-state index in [-0.39, 0.29) is 5.41 Å². The lowest BCUT2D eigenvalue weighted by Gasteiger charge is -2.42. The largest absolute Gasteiger partial charge is 0.265 e. The Labute approximate surface area is 137 Å². The first-order chi connectivity index (χ1) is 11.4. The van der Waals surface area contributed by atoms with Gasteiger partial charge in [-0.05, 0) is 23.3 Å². The van der Waals surface area contributed by atoms with Gasteiger partial charge in [-0.1, -0.05) is 78.9 Å². The van der Waals surface area contributed by atoms with Crippen molar-refractivity contribution >= 4 is 0 Å². The van der Waals surface area contributed by atoms with Gasteiger partial charge in [-0.3, -0.25) is 4.98 Å². The Kier molecular flexibility index (Phi) is 3.55. The quantitative estimate of drug-likeness (QED) is 0.786. The van der Waals surface area contributed by atoms with E-state index in [1.807, 2.05) is 12.4 Å². The Morgan fingerprint density at radius 3 is 1.61 bits per heavy atom. The Morgan fingerprint density at radius 2 is 1.09 bits per heavy atom. The molecule has 0 saturated carbocycles. The normalized spacial score (nSPS) is 17.4. The minimum atomic E-state index is -0.142. The summed E-state index contributed by atoms with van der Waals surface area (Å²) in [7, 11) is 0. The van der Waals surface area contributed by atoms with Crippen LogP contribution in [0.5, 0.6) is 0 Å². The van der Waals surface area contributed by atoms with Gasteiger partial charge in [-0.25, -0.2) is 0 Å². The van der Waals surface area contributed by atoms with E-state index in [1.165, 1.54) is 11.1 Å². The number of pyridine rings is 1. The SMILES string of the molecule is C1=CC(C(c2ccccc2)(c2ccncc2)C2C=CC=C2)C=C1. The first-order valence-corrected chi connectivity index (χ1v) is 8.08. The third kappa shape index (κ3) is 2.20. The van der Waals surface area contributed by atoms with E-state index in [0.29, 0.717) is 11.8 Å². The average Bonchev–Trinajstić information content (AvgIpc) is 3.32. The van der Waals surface area contributed by atoms with Gasteiger partial charge < -0.3 is 0 Å². The topological polar surface area (TPSA) is 12.9 Å². The van der Waals surface area contributed by atoms with Crippen molar-refractivity contribution in [1.82, 2.24) is 4.98 Å². The lowest BCUT2D eigenvalue weighted by molar-refractivity contribution is 0.380. The molecule has 1 aromatic carbocycles. The van der Waals surface area contributed by atoms with Crippen LogP contribution in [-0.4, -0.2) is 4.98 Å². The van der Waals surface area contributed by atoms with Gasteiger partial charge in [-0.2, -0.15) is 0 Å². The fourth-order valence-electron chi connectivity index (χ4n) is 3.97. The van der Waals surface area contributed by atoms with Crippen LogP contribution in [0.4, 0.5) is 0 Å². The molecule has 1 heteroatoms. The second kappa shape index (κ2) is 5.85. The van der Waals surface area contributed by atoms with E-state index in [4.69, 9.17) is 0 Å². The van der Waals surface area contributed by atoms with Crippen molar-refractivity contribution in [2.75, 3.05) is 0 Å². The summed E-state index contributed by atoms with van der Waals surface area (Å²) in [5, 5.41) is 0. The van der Waals surface area contributed by atoms with Crippen molar-refractivity contribution in [2.45, 2.75) is 5.41 Å². The number of benzene rings is 1. The van der Waals surface area contributed by atoms with E-state index in [1.54, 1.807) is 0 Å². The minimum absolute atomic E-state index is 0.142. The molecule has 0 aliphatic heterocycles. The molecule has 0 radical (unpaired) electrons. The Hall–Kier alpha value is -2.67. The van der Waals surface area contributed by atoms with Crippen molar-refractivity contribution in [3.05, 3.63) is 115 Å². The number of hydrogen-bond donors (Lipinski definition) is 0. The summed E-state index contributed by atoms with van der Waals surface area (Å²) in [4.78, 5) is 4.23. The van der Waals surface area contributed by atoms with E-state index >= 15 is 0 Å². The zero-order valence-electron chi connectivity index (χ0n) is 12.9. The van der Waals surface area contributed by atoms with Gasteiger partial charge >= 0.3 is 0 Å². The zero-order valence-corrected chi connectivity index (χ0v) is 12.9. The zero-order chi connectivity index (χ0) is 15.5. The van der Waals surface area contributed by atoms with Gasteiger partial charge in [-0.15, -0.1) is 0 Å². The first-order valence-electron chi connectivity index (χ1n) is 8.08. The summed E-state index contributed by atoms with van der Waals surface area (Å²) in [5.41, 5.74) is 2.51. The highest BCUT2D eigenvalue weighted by Crippen LogP contribution is 2.49. The molecule has 0 bridgehead atoms. The molecule has 0 fully saturated rings. The van der Waals surface area contributed by atoms with Crippen LogP contribution in [0.2, 0.25) is 0 Å². The Morgan fingerprint density at radius 1 is 0.609 bits per heavy atom. The predicted molar refractivity (Wildman–Crippen MR) is 95.0 cm³/mol. The molecular weight excluding hydrogens is 278 g/mol. The van der Waals surface area contributed by atoms with E-state index in [9.17, 15) is 0 Å². The molecule has 1 nitrogen and oxygen atoms in total. The second-order valence-corrected chi connectivity index (χ2v) is 6.06. The molecule has 0 amide bonds. The highest BCUT2D eigenvalue weighted by atomic mass is 14.6. The predicted octanol–water partition coefficient (Wildman–Crippen LogP) is 4.85. The van der Waals surface area contributed by atoms with Crippen LogP contribution in [-0.2, 0) is 5.41 Å². The van der Waals surface area contributed by atoms with E-state index in [0.717, 1.165) is 0 Å². The highest BCUT2D eigenvalue weighted by Gasteiger charge is 2.45. The first kappa shape index (κ1) is 14.0. The fourth-order valence-corrected chi connectivity index (χ4v) is 3.97. The Balaban J connectivity index is 2.01. The second-order valence-electron chi connectivity index (χ2n) is 6.06. The number of hydrogen-bond acceptors (Lipinski definition) is 1. The lowest BCUT2D eigenvalue weighted by atomic mass is 9.59. The average molecular weight is 297 g/mol. The molecule has 2 aliphatic rings. The molecule has 4 rings (SSSR count). The van der Waals surface area contributed by atoms with Gasteiger partial charge in [0.15, 0.2) is 0 Å². The van der Waals surface area contributed by atoms with Crippen LogP contribution in [0.1, 0.15) is 11.1 Å². The summed E-state index contributed by atoms with van der Waals surface area (Å²) in [5.74, 6) is 0.648. The molecule has 112 valence electrons. The van der Waals surface area contributed by atoms with Crippen molar-refractivity contribution in [3.63, 3.8) is 0 Å². The van der Waals surface area contributed by atoms with E-state index in [2.05, 4.69) is 96.1 Å². The molecule has 0 unspecified atom stereocenters. The van der Waals surface area contributed by atoms with Crippen molar-refractivity contribution < 1.29 is 0 Å². The smallest absolute Gasteiger partial charge is 0.0398 e. The molecule has 1 heterocycles. The molecule has 2 aliphatic carbocycles. The van der Waals surface area contributed by atoms with Crippen molar-refractivity contribution in [3.8, 4) is 0 Å². The summed E-state index contributed by atoms with van der Waals surface area (Å²) in [6, 6.07) is 15.2. The molecule has 23 heavy (non-hydrogen) atoms. The van der Waals surface area contributed by atoms with Crippen LogP contribution in [0.15, 0.2) is 103 Å². The molecule has 0 N–H and O–H groups in total. The number of allylic oxidation sites excluding steroid dienone is 8.